The summed E-state index contributed by atoms with van der Waals surface area (Å²) in [5.74, 6) is 0. The Balaban J connectivity index is 0.000000561. The molecule has 0 radical (unpaired) electrons. The molecular formula is C21H29N. The highest BCUT2D eigenvalue weighted by atomic mass is 15.1. The molecule has 0 spiro atoms. The highest BCUT2D eigenvalue weighted by Gasteiger charge is 2.11. The summed E-state index contributed by atoms with van der Waals surface area (Å²) in [6.07, 6.45) is 0. The Morgan fingerprint density at radius 1 is 0.591 bits per heavy atom. The van der Waals surface area contributed by atoms with Gasteiger partial charge in [-0.3, -0.25) is 0 Å². The van der Waals surface area contributed by atoms with E-state index in [0.29, 0.717) is 0 Å². The van der Waals surface area contributed by atoms with Gasteiger partial charge in [-0.25, -0.2) is 0 Å². The molecule has 0 bridgehead atoms. The van der Waals surface area contributed by atoms with Crippen molar-refractivity contribution >= 4 is 27.2 Å². The highest BCUT2D eigenvalue weighted by molar-refractivity contribution is 6.13. The lowest BCUT2D eigenvalue weighted by molar-refractivity contribution is 1.15. The quantitative estimate of drug-likeness (QED) is 0.468. The Morgan fingerprint density at radius 2 is 0.909 bits per heavy atom. The van der Waals surface area contributed by atoms with Crippen LogP contribution in [-0.4, -0.2) is 14.1 Å². The van der Waals surface area contributed by atoms with Crippen LogP contribution in [0, 0.1) is 6.92 Å². The van der Waals surface area contributed by atoms with Crippen molar-refractivity contribution in [3.8, 4) is 0 Å². The first-order chi connectivity index (χ1) is 10.7. The number of aryl methyl sites for hydroxylation is 1. The summed E-state index contributed by atoms with van der Waals surface area (Å²) in [4.78, 5) is 2.21. The fourth-order valence-electron chi connectivity index (χ4n) is 2.81. The zero-order valence-electron chi connectivity index (χ0n) is 15.1. The van der Waals surface area contributed by atoms with Crippen molar-refractivity contribution in [2.24, 2.45) is 0 Å². The van der Waals surface area contributed by atoms with E-state index in [4.69, 9.17) is 0 Å². The van der Waals surface area contributed by atoms with Gasteiger partial charge >= 0.3 is 0 Å². The van der Waals surface area contributed by atoms with Crippen molar-refractivity contribution in [2.45, 2.75) is 34.6 Å². The van der Waals surface area contributed by atoms with Crippen LogP contribution in [0.3, 0.4) is 0 Å². The van der Waals surface area contributed by atoms with Crippen molar-refractivity contribution in [1.29, 1.82) is 0 Å². The Morgan fingerprint density at radius 3 is 1.23 bits per heavy atom. The predicted octanol–water partition coefficient (Wildman–Crippen LogP) is 6.42. The van der Waals surface area contributed by atoms with E-state index < -0.39 is 0 Å². The normalized spacial score (nSPS) is 9.59. The molecule has 118 valence electrons. The molecule has 3 rings (SSSR count). The molecule has 0 fully saturated rings. The van der Waals surface area contributed by atoms with Crippen LogP contribution in [0.15, 0.2) is 48.5 Å². The molecule has 0 amide bonds. The van der Waals surface area contributed by atoms with Gasteiger partial charge in [-0.05, 0) is 23.3 Å². The summed E-state index contributed by atoms with van der Waals surface area (Å²) in [6, 6.07) is 17.3. The van der Waals surface area contributed by atoms with Gasteiger partial charge in [0, 0.05) is 24.9 Å². The number of hydrogen-bond donors (Lipinski definition) is 0. The molecule has 22 heavy (non-hydrogen) atoms. The summed E-state index contributed by atoms with van der Waals surface area (Å²) in [5, 5.41) is 5.36. The van der Waals surface area contributed by atoms with E-state index in [1.807, 2.05) is 27.7 Å². The molecule has 3 aromatic rings. The Hall–Kier alpha value is -2.02. The monoisotopic (exact) mass is 295 g/mol. The minimum Gasteiger partial charge on any atom is -0.377 e. The van der Waals surface area contributed by atoms with Crippen LogP contribution >= 0.6 is 0 Å². The summed E-state index contributed by atoms with van der Waals surface area (Å²) in [5.41, 5.74) is 2.68. The number of benzene rings is 3. The van der Waals surface area contributed by atoms with E-state index in [1.165, 1.54) is 32.8 Å². The molecule has 0 heterocycles. The van der Waals surface area contributed by atoms with Crippen LogP contribution in [0.5, 0.6) is 0 Å². The maximum Gasteiger partial charge on any atom is 0.0520 e. The van der Waals surface area contributed by atoms with Crippen LogP contribution in [0.4, 0.5) is 5.69 Å². The lowest BCUT2D eigenvalue weighted by Crippen LogP contribution is -2.10. The van der Waals surface area contributed by atoms with Crippen molar-refractivity contribution in [3.63, 3.8) is 0 Å². The summed E-state index contributed by atoms with van der Waals surface area (Å²) in [7, 11) is 4.23. The molecule has 0 N–H and O–H groups in total. The van der Waals surface area contributed by atoms with Crippen LogP contribution in [0.1, 0.15) is 33.3 Å². The third-order valence-electron chi connectivity index (χ3n) is 3.62. The van der Waals surface area contributed by atoms with Gasteiger partial charge in [0.25, 0.3) is 0 Å². The average molecular weight is 295 g/mol. The van der Waals surface area contributed by atoms with E-state index in [2.05, 4.69) is 74.4 Å². The van der Waals surface area contributed by atoms with Crippen molar-refractivity contribution < 1.29 is 0 Å². The molecule has 0 unspecified atom stereocenters. The maximum atomic E-state index is 2.21. The molecule has 0 aliphatic rings. The topological polar surface area (TPSA) is 3.24 Å². The van der Waals surface area contributed by atoms with Crippen LogP contribution in [0.25, 0.3) is 21.5 Å². The molecular weight excluding hydrogens is 266 g/mol. The lowest BCUT2D eigenvalue weighted by atomic mass is 9.95. The number of fused-ring (bicyclic) bond motifs is 2. The fourth-order valence-corrected chi connectivity index (χ4v) is 2.81. The highest BCUT2D eigenvalue weighted by Crippen LogP contribution is 2.37. The molecule has 0 aliphatic carbocycles. The largest absolute Gasteiger partial charge is 0.377 e. The van der Waals surface area contributed by atoms with Gasteiger partial charge in [0.1, 0.15) is 0 Å². The second kappa shape index (κ2) is 8.43. The number of nitrogens with zero attached hydrogens (tertiary/aromatic N) is 1. The average Bonchev–Trinajstić information content (AvgIpc) is 2.59. The standard InChI is InChI=1S/C17H17N.2C2H6/c1-12-13-8-4-6-10-15(13)17(18(2)3)16-11-7-5-9-14(12)16;2*1-2/h4-11H,1-3H3;2*1-2H3. The van der Waals surface area contributed by atoms with Gasteiger partial charge in [-0.15, -0.1) is 0 Å². The van der Waals surface area contributed by atoms with E-state index in [0.717, 1.165) is 0 Å². The van der Waals surface area contributed by atoms with Gasteiger partial charge in [-0.2, -0.15) is 0 Å². The molecule has 1 nitrogen and oxygen atoms in total. The van der Waals surface area contributed by atoms with Gasteiger partial charge < -0.3 is 4.90 Å². The van der Waals surface area contributed by atoms with Gasteiger partial charge in [0.05, 0.1) is 5.69 Å². The summed E-state index contributed by atoms with van der Waals surface area (Å²) in [6.45, 7) is 10.2. The third kappa shape index (κ3) is 3.24. The second-order valence-electron chi connectivity index (χ2n) is 4.96. The number of anilines is 1. The predicted molar refractivity (Wildman–Crippen MR) is 103 cm³/mol. The molecule has 0 atom stereocenters. The Bertz CT molecular complexity index is 669. The maximum absolute atomic E-state index is 2.21. The SMILES string of the molecule is CC.CC.Cc1c2ccccc2c(N(C)C)c2ccccc12. The van der Waals surface area contributed by atoms with Crippen LogP contribution < -0.4 is 4.90 Å². The smallest absolute Gasteiger partial charge is 0.0520 e. The first kappa shape index (κ1) is 18.0. The third-order valence-corrected chi connectivity index (χ3v) is 3.62. The van der Waals surface area contributed by atoms with Crippen molar-refractivity contribution in [1.82, 2.24) is 0 Å². The van der Waals surface area contributed by atoms with E-state index in [1.54, 1.807) is 0 Å². The van der Waals surface area contributed by atoms with Gasteiger partial charge in [0.15, 0.2) is 0 Å². The minimum absolute atomic E-state index is 1.31. The zero-order chi connectivity index (χ0) is 16.7. The van der Waals surface area contributed by atoms with Crippen molar-refractivity contribution in [2.75, 3.05) is 19.0 Å². The fraction of sp³-hybridized carbons (Fsp3) is 0.333. The first-order valence-corrected chi connectivity index (χ1v) is 8.27. The second-order valence-corrected chi connectivity index (χ2v) is 4.96. The molecule has 0 saturated heterocycles. The first-order valence-electron chi connectivity index (χ1n) is 8.27. The van der Waals surface area contributed by atoms with Crippen LogP contribution in [0.2, 0.25) is 0 Å². The summed E-state index contributed by atoms with van der Waals surface area (Å²) < 4.78 is 0. The molecule has 0 aromatic heterocycles. The Kier molecular flexibility index (Phi) is 6.91. The lowest BCUT2D eigenvalue weighted by Gasteiger charge is -2.20. The molecule has 3 aromatic carbocycles. The van der Waals surface area contributed by atoms with E-state index in [-0.39, 0.29) is 0 Å². The molecule has 1 heteroatoms. The molecule has 0 aliphatic heterocycles. The van der Waals surface area contributed by atoms with Gasteiger partial charge in [-0.1, -0.05) is 76.2 Å². The van der Waals surface area contributed by atoms with Gasteiger partial charge in [0.2, 0.25) is 0 Å². The molecule has 0 saturated carbocycles. The van der Waals surface area contributed by atoms with E-state index in [9.17, 15) is 0 Å². The van der Waals surface area contributed by atoms with Crippen molar-refractivity contribution in [3.05, 3.63) is 54.1 Å². The number of hydrogen-bond acceptors (Lipinski definition) is 1. The van der Waals surface area contributed by atoms with E-state index >= 15 is 0 Å². The summed E-state index contributed by atoms with van der Waals surface area (Å²) >= 11 is 0. The van der Waals surface area contributed by atoms with Crippen LogP contribution in [-0.2, 0) is 0 Å². The Labute approximate surface area is 135 Å². The minimum atomic E-state index is 1.31. The number of rotatable bonds is 1. The zero-order valence-corrected chi connectivity index (χ0v) is 15.1.